The molecule has 7 rings (SSSR count). The maximum Gasteiger partial charge on any atom is 0.319 e. The van der Waals surface area contributed by atoms with Gasteiger partial charge >= 0.3 is 6.01 Å². The van der Waals surface area contributed by atoms with Gasteiger partial charge in [0.05, 0.1) is 11.1 Å². The lowest BCUT2D eigenvalue weighted by molar-refractivity contribution is 0.0705. The van der Waals surface area contributed by atoms with Crippen LogP contribution in [0.2, 0.25) is 0 Å². The molecular formula is C56H89FN10O. The van der Waals surface area contributed by atoms with E-state index in [0.29, 0.717) is 42.0 Å². The summed E-state index contributed by atoms with van der Waals surface area (Å²) in [6.07, 6.45) is 16.8. The smallest absolute Gasteiger partial charge is 0.319 e. The number of hydrogen-bond acceptors (Lipinski definition) is 10. The molecular weight excluding hydrogens is 848 g/mol. The van der Waals surface area contributed by atoms with Crippen molar-refractivity contribution in [2.45, 2.75) is 154 Å². The summed E-state index contributed by atoms with van der Waals surface area (Å²) < 4.78 is 20.3. The van der Waals surface area contributed by atoms with E-state index < -0.39 is 6.86 Å². The number of piperidine rings is 1. The Hall–Kier alpha value is -3.49. The number of hydrogen-bond donors (Lipinski definition) is 4. The Kier molecular flexibility index (Phi) is 18.9. The number of halogens is 1. The first kappa shape index (κ1) is 52.3. The first-order valence-electron chi connectivity index (χ1n) is 26.4. The molecule has 1 aliphatic carbocycles. The second-order valence-electron chi connectivity index (χ2n) is 22.6. The number of aromatic nitrogens is 3. The summed E-state index contributed by atoms with van der Waals surface area (Å²) in [4.78, 5) is 16.8. The fourth-order valence-corrected chi connectivity index (χ4v) is 11.2. The molecule has 0 amide bonds. The second-order valence-corrected chi connectivity index (χ2v) is 22.6. The van der Waals surface area contributed by atoms with Gasteiger partial charge in [-0.15, -0.1) is 6.58 Å². The van der Waals surface area contributed by atoms with Gasteiger partial charge in [-0.05, 0) is 133 Å². The molecule has 8 atom stereocenters. The lowest BCUT2D eigenvalue weighted by Gasteiger charge is -2.43. The van der Waals surface area contributed by atoms with E-state index in [9.17, 15) is 4.39 Å². The van der Waals surface area contributed by atoms with E-state index in [1.807, 2.05) is 6.07 Å². The fourth-order valence-electron chi connectivity index (χ4n) is 11.2. The van der Waals surface area contributed by atoms with Crippen LogP contribution in [0.3, 0.4) is 0 Å². The van der Waals surface area contributed by atoms with Crippen LogP contribution in [0.4, 0.5) is 4.39 Å². The van der Waals surface area contributed by atoms with Gasteiger partial charge in [0.25, 0.3) is 0 Å². The predicted octanol–water partition coefficient (Wildman–Crippen LogP) is 8.42. The molecule has 2 aromatic heterocycles. The predicted molar refractivity (Wildman–Crippen MR) is 282 cm³/mol. The van der Waals surface area contributed by atoms with Crippen LogP contribution in [0.15, 0.2) is 67.5 Å². The second kappa shape index (κ2) is 24.6. The highest BCUT2D eigenvalue weighted by Crippen LogP contribution is 2.34. The van der Waals surface area contributed by atoms with Gasteiger partial charge in [0, 0.05) is 117 Å². The molecule has 2 bridgehead atoms. The van der Waals surface area contributed by atoms with Gasteiger partial charge in [-0.25, -0.2) is 9.37 Å². The van der Waals surface area contributed by atoms with Crippen molar-refractivity contribution in [1.82, 2.24) is 50.5 Å². The quantitative estimate of drug-likeness (QED) is 0.0924. The number of benzene rings is 2. The molecule has 4 N–H and O–H groups in total. The van der Waals surface area contributed by atoms with Crippen LogP contribution in [0.25, 0.3) is 21.8 Å². The minimum Gasteiger partial charge on any atom is -0.431 e. The SMILES string of the molecule is C=CC(C)(C)n1cc(C[C@H]2CN(C)[C@@H](CC(C)C)CN[C@@H](Cc3ccc4nc(OCF)ncc4c3)CN[C@@H](C)CN(C)[C@H]3CCCN(C3)[C@@H](CC(C)C)CN[C@@H](CC3CC3)CN2)c2ccccc21. The molecule has 68 heavy (non-hydrogen) atoms. The van der Waals surface area contributed by atoms with Gasteiger partial charge in [0.15, 0.2) is 0 Å². The summed E-state index contributed by atoms with van der Waals surface area (Å²) >= 11 is 0. The van der Waals surface area contributed by atoms with Crippen molar-refractivity contribution in [2.75, 3.05) is 73.3 Å². The van der Waals surface area contributed by atoms with Crippen molar-refractivity contribution >= 4 is 21.8 Å². The van der Waals surface area contributed by atoms with E-state index in [4.69, 9.17) is 4.74 Å². The average Bonchev–Trinajstić information content (AvgIpc) is 4.06. The number of fused-ring (bicyclic) bond motifs is 4. The third-order valence-electron chi connectivity index (χ3n) is 15.4. The van der Waals surface area contributed by atoms with Crippen molar-refractivity contribution in [3.05, 3.63) is 78.6 Å². The Morgan fingerprint density at radius 1 is 0.838 bits per heavy atom. The van der Waals surface area contributed by atoms with Crippen LogP contribution in [-0.2, 0) is 18.4 Å². The first-order chi connectivity index (χ1) is 32.7. The summed E-state index contributed by atoms with van der Waals surface area (Å²) in [5.74, 6) is 2.03. The monoisotopic (exact) mass is 937 g/mol. The van der Waals surface area contributed by atoms with Crippen LogP contribution in [0.1, 0.15) is 105 Å². The van der Waals surface area contributed by atoms with Crippen molar-refractivity contribution in [1.29, 1.82) is 0 Å². The third kappa shape index (κ3) is 14.8. The fraction of sp³-hybridized carbons (Fsp3) is 0.679. The Morgan fingerprint density at radius 3 is 2.31 bits per heavy atom. The highest BCUT2D eigenvalue weighted by Gasteiger charge is 2.32. The zero-order valence-corrected chi connectivity index (χ0v) is 43.5. The van der Waals surface area contributed by atoms with Crippen molar-refractivity contribution in [3.63, 3.8) is 0 Å². The number of nitrogens with zero attached hydrogens (tertiary/aromatic N) is 6. The van der Waals surface area contributed by atoms with Gasteiger partial charge in [-0.3, -0.25) is 4.90 Å². The van der Waals surface area contributed by atoms with Gasteiger partial charge in [0.1, 0.15) is 0 Å². The van der Waals surface area contributed by atoms with Gasteiger partial charge in [0.2, 0.25) is 6.86 Å². The molecule has 11 nitrogen and oxygen atoms in total. The molecule has 2 aliphatic heterocycles. The zero-order valence-electron chi connectivity index (χ0n) is 43.5. The lowest BCUT2D eigenvalue weighted by atomic mass is 9.96. The molecule has 0 spiro atoms. The van der Waals surface area contributed by atoms with Crippen LogP contribution >= 0.6 is 0 Å². The first-order valence-corrected chi connectivity index (χ1v) is 26.4. The molecule has 0 radical (unpaired) electrons. The molecule has 2 saturated heterocycles. The number of nitrogens with one attached hydrogen (secondary N) is 4. The van der Waals surface area contributed by atoms with Crippen LogP contribution in [-0.4, -0.2) is 145 Å². The van der Waals surface area contributed by atoms with E-state index in [2.05, 4.69) is 168 Å². The molecule has 1 saturated carbocycles. The largest absolute Gasteiger partial charge is 0.431 e. The van der Waals surface area contributed by atoms with E-state index in [0.717, 1.165) is 81.9 Å². The van der Waals surface area contributed by atoms with Crippen molar-refractivity contribution < 1.29 is 9.13 Å². The molecule has 376 valence electrons. The van der Waals surface area contributed by atoms with Crippen molar-refractivity contribution in [3.8, 4) is 6.01 Å². The average molecular weight is 937 g/mol. The summed E-state index contributed by atoms with van der Waals surface area (Å²) in [6.45, 7) is 27.7. The van der Waals surface area contributed by atoms with Crippen LogP contribution in [0, 0.1) is 17.8 Å². The molecule has 4 heterocycles. The highest BCUT2D eigenvalue weighted by molar-refractivity contribution is 5.84. The van der Waals surface area contributed by atoms with Crippen LogP contribution < -0.4 is 26.0 Å². The van der Waals surface area contributed by atoms with Crippen molar-refractivity contribution in [2.24, 2.45) is 17.8 Å². The number of allylic oxidation sites excluding steroid dienone is 1. The molecule has 3 aliphatic rings. The summed E-state index contributed by atoms with van der Waals surface area (Å²) in [5.41, 5.74) is 4.43. The van der Waals surface area contributed by atoms with E-state index >= 15 is 0 Å². The maximum atomic E-state index is 12.9. The normalized spacial score (nSPS) is 27.4. The number of likely N-dealkylation sites (N-methyl/N-ethyl adjacent to an activating group) is 2. The minimum absolute atomic E-state index is 0.0652. The number of rotatable bonds is 14. The molecule has 4 aromatic rings. The van der Waals surface area contributed by atoms with Gasteiger partial charge in [-0.2, -0.15) is 4.98 Å². The Bertz CT molecular complexity index is 2170. The van der Waals surface area contributed by atoms with Gasteiger partial charge < -0.3 is 40.4 Å². The number of alkyl halides is 1. The van der Waals surface area contributed by atoms with Crippen LogP contribution in [0.5, 0.6) is 6.01 Å². The zero-order chi connectivity index (χ0) is 48.4. The molecule has 3 fully saturated rings. The van der Waals surface area contributed by atoms with Gasteiger partial charge in [-0.1, -0.05) is 70.9 Å². The van der Waals surface area contributed by atoms with E-state index in [-0.39, 0.29) is 23.6 Å². The Morgan fingerprint density at radius 2 is 1.56 bits per heavy atom. The molecule has 12 heteroatoms. The number of para-hydroxylation sites is 1. The topological polar surface area (TPSA) is 97.8 Å². The Balaban J connectivity index is 1.20. The standard InChI is InChI=1S/C56H89FN10O/c1-11-56(7,8)67-35-45(52-16-12-13-17-54(52)67)28-48-36-65(10)50(23-39(2)3)32-60-47(27-43-20-21-53-44(25-43)29-62-55(63-53)68-38-57)30-58-41(6)34-64(9)49-15-14-22-66(37-49)51(24-40(4)5)33-61-46(31-59-48)26-42-18-19-42/h11-13,16-17,20-21,25,29,35,39-42,46-51,58-61H,1,14-15,18-19,22-24,26-28,30-34,36-38H2,2-10H3/t41-,46-,47-,48-,49-,50-,51-/m0/s1. The highest BCUT2D eigenvalue weighted by atomic mass is 19.1. The number of ether oxygens (including phenoxy) is 1. The minimum atomic E-state index is -0.946. The third-order valence-corrected chi connectivity index (χ3v) is 15.4. The Labute approximate surface area is 409 Å². The maximum absolute atomic E-state index is 12.9. The summed E-state index contributed by atoms with van der Waals surface area (Å²) in [5, 5.41) is 18.9. The lowest BCUT2D eigenvalue weighted by Crippen LogP contribution is -2.56. The van der Waals surface area contributed by atoms with E-state index in [1.54, 1.807) is 6.20 Å². The molecule has 2 aromatic carbocycles. The molecule has 1 unspecified atom stereocenters. The van der Waals surface area contributed by atoms with E-state index in [1.165, 1.54) is 67.1 Å². The summed E-state index contributed by atoms with van der Waals surface area (Å²) in [7, 11) is 4.72. The summed E-state index contributed by atoms with van der Waals surface area (Å²) in [6, 6.07) is 18.0.